The molecule has 0 radical (unpaired) electrons. The van der Waals surface area contributed by atoms with Gasteiger partial charge in [-0.3, -0.25) is 0 Å². The van der Waals surface area contributed by atoms with E-state index in [1.807, 2.05) is 0 Å². The molecule has 27 heavy (non-hydrogen) atoms. The second-order valence-corrected chi connectivity index (χ2v) is 9.32. The Morgan fingerprint density at radius 3 is 1.19 bits per heavy atom. The number of unbranched alkanes of at least 4 members (excludes halogenated alkanes) is 14. The van der Waals surface area contributed by atoms with Crippen LogP contribution >= 0.6 is 0 Å². The van der Waals surface area contributed by atoms with Crippen LogP contribution in [0.25, 0.3) is 0 Å². The fraction of sp³-hybridized carbons (Fsp3) is 1.00. The summed E-state index contributed by atoms with van der Waals surface area (Å²) in [7, 11) is 0. The first-order valence-corrected chi connectivity index (χ1v) is 12.5. The molecule has 2 nitrogen and oxygen atoms in total. The normalized spacial score (nSPS) is 13.4. The quantitative estimate of drug-likeness (QED) is 0.211. The lowest BCUT2D eigenvalue weighted by molar-refractivity contribution is -0.0197. The van der Waals surface area contributed by atoms with E-state index in [1.54, 1.807) is 0 Å². The van der Waals surface area contributed by atoms with Gasteiger partial charge >= 0.3 is 0 Å². The minimum atomic E-state index is -0.654. The third kappa shape index (κ3) is 14.6. The van der Waals surface area contributed by atoms with E-state index in [9.17, 15) is 5.11 Å². The van der Waals surface area contributed by atoms with Crippen LogP contribution in [-0.4, -0.2) is 16.7 Å². The maximum Gasteiger partial charge on any atom is 0.0800 e. The summed E-state index contributed by atoms with van der Waals surface area (Å²) in [5, 5.41) is 11.3. The van der Waals surface area contributed by atoms with Crippen LogP contribution < -0.4 is 5.73 Å². The minimum absolute atomic E-state index is 0.0911. The van der Waals surface area contributed by atoms with Gasteiger partial charge in [0.2, 0.25) is 0 Å². The summed E-state index contributed by atoms with van der Waals surface area (Å²) in [4.78, 5) is 0. The summed E-state index contributed by atoms with van der Waals surface area (Å²) in [6, 6.07) is -0.0911. The van der Waals surface area contributed by atoms with Gasteiger partial charge in [0, 0.05) is 6.04 Å². The Morgan fingerprint density at radius 1 is 0.593 bits per heavy atom. The molecular weight excluding hydrogens is 330 g/mol. The molecule has 3 N–H and O–H groups in total. The highest BCUT2D eigenvalue weighted by Gasteiger charge is 2.34. The molecule has 0 heterocycles. The van der Waals surface area contributed by atoms with Crippen LogP contribution in [0, 0.1) is 5.92 Å². The van der Waals surface area contributed by atoms with Crippen molar-refractivity contribution in [3.63, 3.8) is 0 Å². The third-order valence-corrected chi connectivity index (χ3v) is 6.27. The van der Waals surface area contributed by atoms with Crippen molar-refractivity contribution in [1.29, 1.82) is 0 Å². The van der Waals surface area contributed by atoms with Gasteiger partial charge in [0.05, 0.1) is 5.60 Å². The van der Waals surface area contributed by atoms with Crippen molar-refractivity contribution in [2.75, 3.05) is 0 Å². The van der Waals surface area contributed by atoms with Gasteiger partial charge in [-0.2, -0.15) is 0 Å². The number of aliphatic hydroxyl groups is 1. The molecule has 0 aromatic heterocycles. The molecular formula is C25H53NO. The molecule has 0 unspecified atom stereocenters. The van der Waals surface area contributed by atoms with Gasteiger partial charge in [-0.05, 0) is 18.8 Å². The molecule has 0 aliphatic rings. The lowest BCUT2D eigenvalue weighted by Gasteiger charge is -2.37. The molecule has 0 rings (SSSR count). The molecule has 0 amide bonds. The smallest absolute Gasteiger partial charge is 0.0800 e. The van der Waals surface area contributed by atoms with Crippen LogP contribution in [0.5, 0.6) is 0 Å². The van der Waals surface area contributed by atoms with E-state index in [-0.39, 0.29) is 6.04 Å². The Balaban J connectivity index is 4.03. The molecule has 164 valence electrons. The number of rotatable bonds is 20. The Hall–Kier alpha value is -0.0800. The van der Waals surface area contributed by atoms with Gasteiger partial charge in [0.1, 0.15) is 0 Å². The highest BCUT2D eigenvalue weighted by atomic mass is 16.3. The molecule has 0 saturated heterocycles. The zero-order valence-corrected chi connectivity index (χ0v) is 19.4. The second-order valence-electron chi connectivity index (χ2n) is 9.32. The van der Waals surface area contributed by atoms with Crippen LogP contribution in [0.4, 0.5) is 0 Å². The Bertz CT molecular complexity index is 283. The highest BCUT2D eigenvalue weighted by molar-refractivity contribution is 4.91. The SMILES string of the molecule is CCCCCCCCCCC(O)(CCCCCCCCCC)[C@@H](N)C(C)C. The minimum Gasteiger partial charge on any atom is -0.388 e. The van der Waals surface area contributed by atoms with Crippen molar-refractivity contribution < 1.29 is 5.11 Å². The standard InChI is InChI=1S/C25H53NO/c1-5-7-9-11-13-15-17-19-21-25(27,24(26)23(3)4)22-20-18-16-14-12-10-8-6-2/h23-24,27H,5-22,26H2,1-4H3/t24-/m0/s1. The van der Waals surface area contributed by atoms with Crippen molar-refractivity contribution in [3.05, 3.63) is 0 Å². The monoisotopic (exact) mass is 383 g/mol. The number of nitrogens with two attached hydrogens (primary N) is 1. The van der Waals surface area contributed by atoms with Crippen LogP contribution in [0.1, 0.15) is 143 Å². The van der Waals surface area contributed by atoms with E-state index >= 15 is 0 Å². The lowest BCUT2D eigenvalue weighted by atomic mass is 9.79. The zero-order chi connectivity index (χ0) is 20.4. The summed E-state index contributed by atoms with van der Waals surface area (Å²) >= 11 is 0. The van der Waals surface area contributed by atoms with Crippen molar-refractivity contribution in [3.8, 4) is 0 Å². The Morgan fingerprint density at radius 2 is 0.889 bits per heavy atom. The average molecular weight is 384 g/mol. The first-order chi connectivity index (χ1) is 13.0. The van der Waals surface area contributed by atoms with E-state index in [4.69, 9.17) is 5.73 Å². The largest absolute Gasteiger partial charge is 0.388 e. The van der Waals surface area contributed by atoms with Crippen LogP contribution in [0.3, 0.4) is 0 Å². The molecule has 0 spiro atoms. The summed E-state index contributed by atoms with van der Waals surface area (Å²) in [6.45, 7) is 8.84. The highest BCUT2D eigenvalue weighted by Crippen LogP contribution is 2.29. The number of hydrogen-bond donors (Lipinski definition) is 2. The van der Waals surface area contributed by atoms with E-state index in [0.717, 1.165) is 25.7 Å². The maximum absolute atomic E-state index is 11.3. The number of hydrogen-bond acceptors (Lipinski definition) is 2. The van der Waals surface area contributed by atoms with Crippen LogP contribution in [0.2, 0.25) is 0 Å². The average Bonchev–Trinajstić information content (AvgIpc) is 2.65. The van der Waals surface area contributed by atoms with E-state index in [1.165, 1.54) is 89.9 Å². The third-order valence-electron chi connectivity index (χ3n) is 6.27. The predicted molar refractivity (Wildman–Crippen MR) is 122 cm³/mol. The zero-order valence-electron chi connectivity index (χ0n) is 19.4. The summed E-state index contributed by atoms with van der Waals surface area (Å²) in [6.07, 6.45) is 22.8. The fourth-order valence-electron chi connectivity index (χ4n) is 4.21. The summed E-state index contributed by atoms with van der Waals surface area (Å²) in [5.41, 5.74) is 5.78. The summed E-state index contributed by atoms with van der Waals surface area (Å²) < 4.78 is 0. The fourth-order valence-corrected chi connectivity index (χ4v) is 4.21. The van der Waals surface area contributed by atoms with Gasteiger partial charge in [-0.15, -0.1) is 0 Å². The first kappa shape index (κ1) is 26.9. The van der Waals surface area contributed by atoms with Crippen molar-refractivity contribution in [2.45, 2.75) is 155 Å². The van der Waals surface area contributed by atoms with Crippen molar-refractivity contribution in [1.82, 2.24) is 0 Å². The van der Waals surface area contributed by atoms with E-state index < -0.39 is 5.60 Å². The van der Waals surface area contributed by atoms with Gasteiger partial charge in [0.15, 0.2) is 0 Å². The Labute approximate surface area is 172 Å². The van der Waals surface area contributed by atoms with E-state index in [2.05, 4.69) is 27.7 Å². The van der Waals surface area contributed by atoms with Crippen molar-refractivity contribution in [2.24, 2.45) is 11.7 Å². The summed E-state index contributed by atoms with van der Waals surface area (Å²) in [5.74, 6) is 0.345. The molecule has 2 heteroatoms. The van der Waals surface area contributed by atoms with Crippen LogP contribution in [0.15, 0.2) is 0 Å². The topological polar surface area (TPSA) is 46.2 Å². The molecule has 0 aromatic rings. The molecule has 0 aliphatic carbocycles. The van der Waals surface area contributed by atoms with Gasteiger partial charge in [-0.25, -0.2) is 0 Å². The molecule has 0 aliphatic heterocycles. The molecule has 0 fully saturated rings. The predicted octanol–water partition coefficient (Wildman–Crippen LogP) is 7.76. The Kier molecular flexibility index (Phi) is 17.9. The lowest BCUT2D eigenvalue weighted by Crippen LogP contribution is -2.51. The van der Waals surface area contributed by atoms with Gasteiger partial charge in [0.25, 0.3) is 0 Å². The molecule has 0 bridgehead atoms. The molecule has 0 aromatic carbocycles. The van der Waals surface area contributed by atoms with Gasteiger partial charge < -0.3 is 10.8 Å². The van der Waals surface area contributed by atoms with E-state index in [0.29, 0.717) is 5.92 Å². The van der Waals surface area contributed by atoms with Crippen LogP contribution in [-0.2, 0) is 0 Å². The second kappa shape index (κ2) is 18.0. The molecule has 1 atom stereocenters. The van der Waals surface area contributed by atoms with Crippen molar-refractivity contribution >= 4 is 0 Å². The maximum atomic E-state index is 11.3. The molecule has 0 saturated carbocycles. The first-order valence-electron chi connectivity index (χ1n) is 12.5. The van der Waals surface area contributed by atoms with Gasteiger partial charge in [-0.1, -0.05) is 130 Å².